The summed E-state index contributed by atoms with van der Waals surface area (Å²) in [5.41, 5.74) is 7.73. The average Bonchev–Trinajstić information content (AvgIpc) is 2.70. The van der Waals surface area contributed by atoms with Crippen LogP contribution in [0.5, 0.6) is 0 Å². The van der Waals surface area contributed by atoms with Crippen LogP contribution in [0, 0.1) is 0 Å². The number of benzene rings is 3. The van der Waals surface area contributed by atoms with E-state index in [0.717, 1.165) is 5.56 Å². The zero-order valence-electron chi connectivity index (χ0n) is 14.6. The molecule has 0 aromatic heterocycles. The van der Waals surface area contributed by atoms with E-state index in [-0.39, 0.29) is 12.5 Å². The molecular formula is C22H19ClN2O2. The monoisotopic (exact) mass is 378 g/mol. The fourth-order valence-corrected chi connectivity index (χ4v) is 3.07. The van der Waals surface area contributed by atoms with Crippen LogP contribution in [0.25, 0.3) is 0 Å². The highest BCUT2D eigenvalue weighted by Gasteiger charge is 2.30. The van der Waals surface area contributed by atoms with Gasteiger partial charge in [0, 0.05) is 17.1 Å². The van der Waals surface area contributed by atoms with Gasteiger partial charge in [-0.05, 0) is 35.4 Å². The average molecular weight is 379 g/mol. The van der Waals surface area contributed by atoms with E-state index in [1.165, 1.54) is 4.90 Å². The third-order valence-electron chi connectivity index (χ3n) is 4.24. The molecule has 0 spiro atoms. The molecule has 0 aliphatic carbocycles. The minimum atomic E-state index is -0.880. The van der Waals surface area contributed by atoms with Crippen LogP contribution >= 0.6 is 11.6 Å². The van der Waals surface area contributed by atoms with Crippen LogP contribution in [-0.2, 0) is 11.3 Å². The van der Waals surface area contributed by atoms with Crippen molar-refractivity contribution in [1.82, 2.24) is 4.90 Å². The van der Waals surface area contributed by atoms with E-state index < -0.39 is 11.9 Å². The van der Waals surface area contributed by atoms with Crippen LogP contribution in [0.3, 0.4) is 0 Å². The van der Waals surface area contributed by atoms with Crippen molar-refractivity contribution in [2.24, 2.45) is 5.73 Å². The lowest BCUT2D eigenvalue weighted by atomic mass is 10.0. The molecule has 1 atom stereocenters. The normalized spacial score (nSPS) is 11.6. The number of amides is 2. The number of carbonyl (C=O) groups excluding carboxylic acids is 2. The van der Waals surface area contributed by atoms with Gasteiger partial charge in [-0.3, -0.25) is 9.59 Å². The summed E-state index contributed by atoms with van der Waals surface area (Å²) in [6, 6.07) is 24.2. The fraction of sp³-hybridized carbons (Fsp3) is 0.0909. The van der Waals surface area contributed by atoms with E-state index in [2.05, 4.69) is 0 Å². The topological polar surface area (TPSA) is 63.4 Å². The number of halogens is 1. The largest absolute Gasteiger partial charge is 0.368 e. The third-order valence-corrected chi connectivity index (χ3v) is 4.50. The third kappa shape index (κ3) is 4.54. The highest BCUT2D eigenvalue weighted by molar-refractivity contribution is 6.30. The van der Waals surface area contributed by atoms with E-state index in [1.54, 1.807) is 48.5 Å². The predicted octanol–water partition coefficient (Wildman–Crippen LogP) is 4.21. The Balaban J connectivity index is 2.03. The molecule has 136 valence electrons. The van der Waals surface area contributed by atoms with Crippen LogP contribution in [-0.4, -0.2) is 16.7 Å². The smallest absolute Gasteiger partial charge is 0.255 e. The maximum Gasteiger partial charge on any atom is 0.255 e. The summed E-state index contributed by atoms with van der Waals surface area (Å²) in [5, 5.41) is 0.606. The van der Waals surface area contributed by atoms with Gasteiger partial charge in [-0.25, -0.2) is 0 Å². The minimum Gasteiger partial charge on any atom is -0.368 e. The standard InChI is InChI=1S/C22H19ClN2O2/c23-19-13-11-16(12-14-19)15-25(22(27)18-9-5-2-6-10-18)20(21(24)26)17-7-3-1-4-8-17/h1-14,20H,15H2,(H2,24,26)/t20-/m1/s1. The van der Waals surface area contributed by atoms with Gasteiger partial charge < -0.3 is 10.6 Å². The number of hydrogen-bond acceptors (Lipinski definition) is 2. The number of nitrogens with zero attached hydrogens (tertiary/aromatic N) is 1. The molecule has 0 unspecified atom stereocenters. The van der Waals surface area contributed by atoms with Gasteiger partial charge in [-0.1, -0.05) is 72.3 Å². The molecule has 3 rings (SSSR count). The summed E-state index contributed by atoms with van der Waals surface area (Å²) in [7, 11) is 0. The predicted molar refractivity (Wildman–Crippen MR) is 106 cm³/mol. The lowest BCUT2D eigenvalue weighted by Crippen LogP contribution is -2.41. The summed E-state index contributed by atoms with van der Waals surface area (Å²) in [5.74, 6) is -0.849. The summed E-state index contributed by atoms with van der Waals surface area (Å²) in [6.07, 6.45) is 0. The highest BCUT2D eigenvalue weighted by atomic mass is 35.5. The first-order valence-corrected chi connectivity index (χ1v) is 8.89. The molecule has 3 aromatic rings. The summed E-state index contributed by atoms with van der Waals surface area (Å²) < 4.78 is 0. The Morgan fingerprint density at radius 2 is 1.41 bits per heavy atom. The minimum absolute atomic E-state index is 0.230. The molecule has 5 heteroatoms. The first kappa shape index (κ1) is 18.7. The van der Waals surface area contributed by atoms with Crippen molar-refractivity contribution in [2.75, 3.05) is 0 Å². The zero-order chi connectivity index (χ0) is 19.2. The second-order valence-corrected chi connectivity index (χ2v) is 6.58. The number of nitrogens with two attached hydrogens (primary N) is 1. The SMILES string of the molecule is NC(=O)[C@@H](c1ccccc1)N(Cc1ccc(Cl)cc1)C(=O)c1ccccc1. The number of hydrogen-bond donors (Lipinski definition) is 1. The quantitative estimate of drug-likeness (QED) is 0.698. The Morgan fingerprint density at radius 1 is 0.852 bits per heavy atom. The molecule has 27 heavy (non-hydrogen) atoms. The zero-order valence-corrected chi connectivity index (χ0v) is 15.3. The van der Waals surface area contributed by atoms with Crippen LogP contribution < -0.4 is 5.73 Å². The van der Waals surface area contributed by atoms with Gasteiger partial charge in [0.05, 0.1) is 0 Å². The van der Waals surface area contributed by atoms with Crippen molar-refractivity contribution in [3.63, 3.8) is 0 Å². The first-order chi connectivity index (χ1) is 13.1. The number of primary amides is 1. The van der Waals surface area contributed by atoms with Gasteiger partial charge in [0.15, 0.2) is 0 Å². The molecule has 0 radical (unpaired) electrons. The van der Waals surface area contributed by atoms with Crippen molar-refractivity contribution < 1.29 is 9.59 Å². The van der Waals surface area contributed by atoms with E-state index in [4.69, 9.17) is 17.3 Å². The van der Waals surface area contributed by atoms with Crippen molar-refractivity contribution in [3.05, 3.63) is 107 Å². The molecule has 3 aromatic carbocycles. The molecule has 0 aliphatic heterocycles. The van der Waals surface area contributed by atoms with Crippen LogP contribution in [0.15, 0.2) is 84.9 Å². The fourth-order valence-electron chi connectivity index (χ4n) is 2.95. The highest BCUT2D eigenvalue weighted by Crippen LogP contribution is 2.25. The molecule has 0 fully saturated rings. The Morgan fingerprint density at radius 3 is 1.96 bits per heavy atom. The molecular weight excluding hydrogens is 360 g/mol. The summed E-state index contributed by atoms with van der Waals surface area (Å²) in [6.45, 7) is 0.230. The molecule has 2 N–H and O–H groups in total. The van der Waals surface area contributed by atoms with Crippen molar-refractivity contribution in [3.8, 4) is 0 Å². The summed E-state index contributed by atoms with van der Waals surface area (Å²) >= 11 is 5.96. The molecule has 0 saturated carbocycles. The second kappa shape index (κ2) is 8.52. The van der Waals surface area contributed by atoms with E-state index in [9.17, 15) is 9.59 Å². The van der Waals surface area contributed by atoms with Crippen molar-refractivity contribution in [1.29, 1.82) is 0 Å². The lowest BCUT2D eigenvalue weighted by Gasteiger charge is -2.30. The number of carbonyl (C=O) groups is 2. The first-order valence-electron chi connectivity index (χ1n) is 8.51. The maximum atomic E-state index is 13.2. The molecule has 0 heterocycles. The Hall–Kier alpha value is -3.11. The van der Waals surface area contributed by atoms with E-state index in [0.29, 0.717) is 16.1 Å². The molecule has 0 aliphatic rings. The lowest BCUT2D eigenvalue weighted by molar-refractivity contribution is -0.122. The molecule has 0 saturated heterocycles. The van der Waals surface area contributed by atoms with Crippen molar-refractivity contribution >= 4 is 23.4 Å². The Kier molecular flexibility index (Phi) is 5.89. The molecule has 4 nitrogen and oxygen atoms in total. The Bertz CT molecular complexity index is 912. The van der Waals surface area contributed by atoms with Gasteiger partial charge in [0.2, 0.25) is 5.91 Å². The number of rotatable bonds is 6. The van der Waals surface area contributed by atoms with Gasteiger partial charge in [-0.15, -0.1) is 0 Å². The van der Waals surface area contributed by atoms with Crippen LogP contribution in [0.1, 0.15) is 27.5 Å². The molecule has 2 amide bonds. The van der Waals surface area contributed by atoms with Gasteiger partial charge >= 0.3 is 0 Å². The summed E-state index contributed by atoms with van der Waals surface area (Å²) in [4.78, 5) is 27.1. The molecule has 0 bridgehead atoms. The Labute approximate surface area is 163 Å². The van der Waals surface area contributed by atoms with Crippen molar-refractivity contribution in [2.45, 2.75) is 12.6 Å². The van der Waals surface area contributed by atoms with Gasteiger partial charge in [0.1, 0.15) is 6.04 Å². The van der Waals surface area contributed by atoms with Gasteiger partial charge in [0.25, 0.3) is 5.91 Å². The van der Waals surface area contributed by atoms with E-state index in [1.807, 2.05) is 36.4 Å². The second-order valence-electron chi connectivity index (χ2n) is 6.14. The maximum absolute atomic E-state index is 13.2. The van der Waals surface area contributed by atoms with E-state index >= 15 is 0 Å². The van der Waals surface area contributed by atoms with Crippen LogP contribution in [0.2, 0.25) is 5.02 Å². The van der Waals surface area contributed by atoms with Crippen LogP contribution in [0.4, 0.5) is 0 Å². The van der Waals surface area contributed by atoms with Gasteiger partial charge in [-0.2, -0.15) is 0 Å².